The van der Waals surface area contributed by atoms with Gasteiger partial charge in [-0.2, -0.15) is 0 Å². The summed E-state index contributed by atoms with van der Waals surface area (Å²) in [7, 11) is -3.46. The third kappa shape index (κ3) is 3.76. The Kier molecular flexibility index (Phi) is 5.79. The van der Waals surface area contributed by atoms with Gasteiger partial charge in [-0.1, -0.05) is 48.5 Å². The topological polar surface area (TPSA) is 75.8 Å². The second kappa shape index (κ2) is 8.33. The van der Waals surface area contributed by atoms with Crippen LogP contribution in [0.1, 0.15) is 26.3 Å². The molecule has 0 radical (unpaired) electrons. The number of epoxide rings is 1. The molecule has 172 valence electrons. The van der Waals surface area contributed by atoms with Crippen molar-refractivity contribution in [3.05, 3.63) is 66.2 Å². The van der Waals surface area contributed by atoms with Gasteiger partial charge in [-0.3, -0.25) is 4.57 Å². The summed E-state index contributed by atoms with van der Waals surface area (Å²) in [5.41, 5.74) is 1.02. The number of fused-ring (bicyclic) bond motifs is 1. The number of hydrogen-bond acceptors (Lipinski definition) is 7. The molecule has 3 fully saturated rings. The third-order valence-corrected chi connectivity index (χ3v) is 9.18. The summed E-state index contributed by atoms with van der Waals surface area (Å²) >= 11 is 0. The van der Waals surface area contributed by atoms with Crippen LogP contribution >= 0.6 is 7.37 Å². The Bertz CT molecular complexity index is 976. The van der Waals surface area contributed by atoms with Crippen molar-refractivity contribution in [1.82, 2.24) is 0 Å². The molecule has 3 aliphatic rings. The zero-order valence-corrected chi connectivity index (χ0v) is 19.4. The predicted octanol–water partition coefficient (Wildman–Crippen LogP) is 3.81. The maximum atomic E-state index is 14.4. The Balaban J connectivity index is 1.48. The zero-order valence-electron chi connectivity index (χ0n) is 18.5. The standard InChI is InChI=1S/C24H29O7P/c1-4-28-32(25,18-13-9-6-10-14-18)24(16-27-24)21-19(26-15-17-11-7-5-8-12-17)20-22(29-21)31-23(2,3)30-20/h5-14,19-22H,4,15-16H2,1-3H3. The van der Waals surface area contributed by atoms with Crippen LogP contribution in [0.25, 0.3) is 0 Å². The van der Waals surface area contributed by atoms with Gasteiger partial charge in [0.15, 0.2) is 17.4 Å². The molecule has 5 rings (SSSR count). The van der Waals surface area contributed by atoms with Crippen LogP contribution in [-0.2, 0) is 39.4 Å². The Morgan fingerprint density at radius 2 is 1.69 bits per heavy atom. The van der Waals surface area contributed by atoms with Gasteiger partial charge in [0.2, 0.25) is 0 Å². The molecular formula is C24H29O7P. The molecule has 3 heterocycles. The van der Waals surface area contributed by atoms with E-state index in [1.807, 2.05) is 81.4 Å². The molecule has 7 nitrogen and oxygen atoms in total. The van der Waals surface area contributed by atoms with E-state index in [1.54, 1.807) is 0 Å². The van der Waals surface area contributed by atoms with E-state index in [4.69, 9.17) is 28.2 Å². The summed E-state index contributed by atoms with van der Waals surface area (Å²) in [5, 5.41) is -0.545. The molecule has 8 heteroatoms. The molecule has 0 spiro atoms. The van der Waals surface area contributed by atoms with Crippen LogP contribution < -0.4 is 5.30 Å². The summed E-state index contributed by atoms with van der Waals surface area (Å²) in [6.07, 6.45) is -2.31. The van der Waals surface area contributed by atoms with Crippen molar-refractivity contribution in [1.29, 1.82) is 0 Å². The highest BCUT2D eigenvalue weighted by atomic mass is 31.2. The molecule has 0 bridgehead atoms. The first-order valence-electron chi connectivity index (χ1n) is 11.0. The van der Waals surface area contributed by atoms with Crippen LogP contribution in [-0.4, -0.2) is 48.9 Å². The fourth-order valence-corrected chi connectivity index (χ4v) is 7.26. The average molecular weight is 460 g/mol. The summed E-state index contributed by atoms with van der Waals surface area (Å²) in [6, 6.07) is 19.1. The monoisotopic (exact) mass is 460 g/mol. The SMILES string of the molecule is CCOP(=O)(c1ccccc1)C1(C2OC3OC(C)(C)OC3C2OCc2ccccc2)CO1. The summed E-state index contributed by atoms with van der Waals surface area (Å²) < 4.78 is 51.1. The first-order chi connectivity index (χ1) is 15.4. The molecule has 0 saturated carbocycles. The minimum Gasteiger partial charge on any atom is -0.368 e. The van der Waals surface area contributed by atoms with Gasteiger partial charge in [0, 0.05) is 5.30 Å². The Hall–Kier alpha value is -1.57. The molecule has 3 aliphatic heterocycles. The van der Waals surface area contributed by atoms with Crippen LogP contribution in [0.2, 0.25) is 0 Å². The van der Waals surface area contributed by atoms with Crippen LogP contribution in [0.4, 0.5) is 0 Å². The van der Waals surface area contributed by atoms with Crippen molar-refractivity contribution in [2.45, 2.75) is 63.1 Å². The van der Waals surface area contributed by atoms with Gasteiger partial charge in [-0.05, 0) is 38.5 Å². The maximum Gasteiger partial charge on any atom is 0.268 e. The smallest absolute Gasteiger partial charge is 0.268 e. The molecule has 6 unspecified atom stereocenters. The largest absolute Gasteiger partial charge is 0.368 e. The molecule has 0 aromatic heterocycles. The van der Waals surface area contributed by atoms with Crippen LogP contribution in [0.15, 0.2) is 60.7 Å². The first kappa shape index (κ1) is 22.2. The lowest BCUT2D eigenvalue weighted by molar-refractivity contribution is -0.223. The molecule has 6 atom stereocenters. The van der Waals surface area contributed by atoms with Gasteiger partial charge in [-0.15, -0.1) is 0 Å². The molecule has 32 heavy (non-hydrogen) atoms. The van der Waals surface area contributed by atoms with Crippen LogP contribution in [0.3, 0.4) is 0 Å². The first-order valence-corrected chi connectivity index (χ1v) is 12.6. The van der Waals surface area contributed by atoms with E-state index in [0.717, 1.165) is 5.56 Å². The van der Waals surface area contributed by atoms with Crippen molar-refractivity contribution < 1.29 is 32.8 Å². The van der Waals surface area contributed by atoms with E-state index in [0.29, 0.717) is 11.9 Å². The van der Waals surface area contributed by atoms with E-state index in [1.165, 1.54) is 0 Å². The normalized spacial score (nSPS) is 34.7. The quantitative estimate of drug-likeness (QED) is 0.438. The lowest BCUT2D eigenvalue weighted by atomic mass is 10.1. The Morgan fingerprint density at radius 1 is 1.03 bits per heavy atom. The molecule has 0 N–H and O–H groups in total. The van der Waals surface area contributed by atoms with E-state index in [9.17, 15) is 4.57 Å². The van der Waals surface area contributed by atoms with Crippen LogP contribution in [0, 0.1) is 0 Å². The minimum absolute atomic E-state index is 0.248. The van der Waals surface area contributed by atoms with Gasteiger partial charge in [0.25, 0.3) is 7.37 Å². The summed E-state index contributed by atoms with van der Waals surface area (Å²) in [5.74, 6) is -0.796. The highest BCUT2D eigenvalue weighted by Crippen LogP contribution is 2.69. The molecule has 2 aromatic rings. The van der Waals surface area contributed by atoms with Gasteiger partial charge in [0.1, 0.15) is 18.3 Å². The van der Waals surface area contributed by atoms with Crippen molar-refractivity contribution >= 4 is 12.7 Å². The van der Waals surface area contributed by atoms with Gasteiger partial charge < -0.3 is 28.2 Å². The van der Waals surface area contributed by atoms with E-state index in [2.05, 4.69) is 0 Å². The highest BCUT2D eigenvalue weighted by molar-refractivity contribution is 7.68. The molecule has 0 aliphatic carbocycles. The molecule has 2 aromatic carbocycles. The highest BCUT2D eigenvalue weighted by Gasteiger charge is 2.73. The lowest BCUT2D eigenvalue weighted by Gasteiger charge is -2.33. The second-order valence-corrected chi connectivity index (χ2v) is 11.4. The molecular weight excluding hydrogens is 431 g/mol. The maximum absolute atomic E-state index is 14.4. The lowest BCUT2D eigenvalue weighted by Crippen LogP contribution is -2.46. The van der Waals surface area contributed by atoms with E-state index < -0.39 is 43.1 Å². The fourth-order valence-electron chi connectivity index (χ4n) is 4.58. The van der Waals surface area contributed by atoms with Gasteiger partial charge in [-0.25, -0.2) is 0 Å². The number of ether oxygens (including phenoxy) is 5. The van der Waals surface area contributed by atoms with Crippen LogP contribution in [0.5, 0.6) is 0 Å². The Labute approximate surface area is 188 Å². The van der Waals surface area contributed by atoms with Gasteiger partial charge >= 0.3 is 0 Å². The van der Waals surface area contributed by atoms with Gasteiger partial charge in [0.05, 0.1) is 19.8 Å². The number of rotatable bonds is 8. The average Bonchev–Trinajstić information content (AvgIpc) is 3.46. The molecule has 3 saturated heterocycles. The fraction of sp³-hybridized carbons (Fsp3) is 0.500. The minimum atomic E-state index is -3.46. The second-order valence-electron chi connectivity index (χ2n) is 8.72. The third-order valence-electron chi connectivity index (χ3n) is 6.07. The molecule has 0 amide bonds. The van der Waals surface area contributed by atoms with Crippen molar-refractivity contribution in [3.8, 4) is 0 Å². The Morgan fingerprint density at radius 3 is 2.31 bits per heavy atom. The van der Waals surface area contributed by atoms with Crippen molar-refractivity contribution in [2.75, 3.05) is 13.2 Å². The van der Waals surface area contributed by atoms with E-state index >= 15 is 0 Å². The van der Waals surface area contributed by atoms with Crippen molar-refractivity contribution in [3.63, 3.8) is 0 Å². The number of benzene rings is 2. The summed E-state index contributed by atoms with van der Waals surface area (Å²) in [6.45, 7) is 6.41. The van der Waals surface area contributed by atoms with Crippen molar-refractivity contribution in [2.24, 2.45) is 0 Å². The number of hydrogen-bond donors (Lipinski definition) is 0. The zero-order chi connectivity index (χ0) is 22.4. The van der Waals surface area contributed by atoms with E-state index in [-0.39, 0.29) is 13.2 Å². The summed E-state index contributed by atoms with van der Waals surface area (Å²) in [4.78, 5) is 0. The predicted molar refractivity (Wildman–Crippen MR) is 118 cm³/mol.